The van der Waals surface area contributed by atoms with Crippen molar-refractivity contribution in [3.8, 4) is 0 Å². The largest absolute Gasteiger partial charge is 0.297 e. The molecule has 0 N–H and O–H groups in total. The summed E-state index contributed by atoms with van der Waals surface area (Å²) in [5, 5.41) is 0. The SMILES string of the molecule is CC(CC(=O)COS(=O)(=O)c1ccccc1)C1CCCCC1. The van der Waals surface area contributed by atoms with E-state index >= 15 is 0 Å². The zero-order valence-corrected chi connectivity index (χ0v) is 13.8. The molecule has 1 aliphatic rings. The molecule has 5 heteroatoms. The van der Waals surface area contributed by atoms with Gasteiger partial charge in [-0.1, -0.05) is 57.2 Å². The Bertz CT molecular complexity index is 574. The van der Waals surface area contributed by atoms with Crippen LogP contribution in [0.1, 0.15) is 45.4 Å². The topological polar surface area (TPSA) is 60.4 Å². The second-order valence-corrected chi connectivity index (χ2v) is 7.76. The van der Waals surface area contributed by atoms with Gasteiger partial charge in [0.15, 0.2) is 5.78 Å². The first kappa shape index (κ1) is 17.2. The van der Waals surface area contributed by atoms with Gasteiger partial charge in [-0.25, -0.2) is 0 Å². The smallest absolute Gasteiger partial charge is 0.297 e. The molecule has 1 aliphatic carbocycles. The number of ketones is 1. The fourth-order valence-corrected chi connectivity index (χ4v) is 4.00. The molecule has 1 aromatic carbocycles. The van der Waals surface area contributed by atoms with Crippen LogP contribution >= 0.6 is 0 Å². The first-order valence-electron chi connectivity index (χ1n) is 7.95. The van der Waals surface area contributed by atoms with Crippen LogP contribution in [0.4, 0.5) is 0 Å². The van der Waals surface area contributed by atoms with Crippen molar-refractivity contribution in [2.24, 2.45) is 11.8 Å². The molecule has 1 unspecified atom stereocenters. The van der Waals surface area contributed by atoms with Gasteiger partial charge in [-0.15, -0.1) is 0 Å². The molecular weight excluding hydrogens is 300 g/mol. The highest BCUT2D eigenvalue weighted by Crippen LogP contribution is 2.31. The molecule has 0 radical (unpaired) electrons. The Morgan fingerprint density at radius 1 is 1.18 bits per heavy atom. The minimum Gasteiger partial charge on any atom is -0.297 e. The predicted octanol–water partition coefficient (Wildman–Crippen LogP) is 3.57. The molecule has 22 heavy (non-hydrogen) atoms. The van der Waals surface area contributed by atoms with E-state index in [1.807, 2.05) is 0 Å². The van der Waals surface area contributed by atoms with E-state index in [0.717, 1.165) is 0 Å². The average molecular weight is 324 g/mol. The number of carbonyl (C=O) groups excluding carboxylic acids is 1. The van der Waals surface area contributed by atoms with Crippen LogP contribution in [-0.2, 0) is 19.1 Å². The van der Waals surface area contributed by atoms with Crippen molar-refractivity contribution in [3.63, 3.8) is 0 Å². The van der Waals surface area contributed by atoms with Crippen molar-refractivity contribution < 1.29 is 17.4 Å². The fourth-order valence-electron chi connectivity index (χ4n) is 3.09. The molecule has 0 amide bonds. The van der Waals surface area contributed by atoms with Crippen molar-refractivity contribution in [2.75, 3.05) is 6.61 Å². The second-order valence-electron chi connectivity index (χ2n) is 6.15. The normalized spacial score (nSPS) is 18.0. The van der Waals surface area contributed by atoms with Gasteiger partial charge in [-0.05, 0) is 24.0 Å². The molecule has 0 aromatic heterocycles. The summed E-state index contributed by atoms with van der Waals surface area (Å²) in [5.41, 5.74) is 0. The molecule has 2 rings (SSSR count). The number of benzene rings is 1. The van der Waals surface area contributed by atoms with Crippen LogP contribution in [0.15, 0.2) is 35.2 Å². The minimum atomic E-state index is -3.84. The van der Waals surface area contributed by atoms with Crippen LogP contribution in [-0.4, -0.2) is 20.8 Å². The van der Waals surface area contributed by atoms with Crippen molar-refractivity contribution in [1.82, 2.24) is 0 Å². The highest BCUT2D eigenvalue weighted by molar-refractivity contribution is 7.86. The van der Waals surface area contributed by atoms with Crippen LogP contribution in [0, 0.1) is 11.8 Å². The molecule has 0 spiro atoms. The van der Waals surface area contributed by atoms with E-state index in [1.54, 1.807) is 18.2 Å². The summed E-state index contributed by atoms with van der Waals surface area (Å²) in [7, 11) is -3.84. The summed E-state index contributed by atoms with van der Waals surface area (Å²) in [5.74, 6) is 0.747. The Labute approximate surface area is 133 Å². The molecule has 1 atom stereocenters. The van der Waals surface area contributed by atoms with E-state index in [-0.39, 0.29) is 17.3 Å². The van der Waals surface area contributed by atoms with Gasteiger partial charge in [0.05, 0.1) is 4.90 Å². The maximum Gasteiger partial charge on any atom is 0.297 e. The van der Waals surface area contributed by atoms with Crippen molar-refractivity contribution in [3.05, 3.63) is 30.3 Å². The molecule has 0 aliphatic heterocycles. The molecule has 4 nitrogen and oxygen atoms in total. The first-order valence-corrected chi connectivity index (χ1v) is 9.36. The summed E-state index contributed by atoms with van der Waals surface area (Å²) in [4.78, 5) is 12.1. The zero-order valence-electron chi connectivity index (χ0n) is 13.0. The Kier molecular flexibility index (Phi) is 6.15. The number of Topliss-reactive ketones (excluding diaryl/α,β-unsaturated/α-hetero) is 1. The quantitative estimate of drug-likeness (QED) is 0.719. The monoisotopic (exact) mass is 324 g/mol. The van der Waals surface area contributed by atoms with Gasteiger partial charge in [0.1, 0.15) is 6.61 Å². The maximum absolute atomic E-state index is 12.0. The fraction of sp³-hybridized carbons (Fsp3) is 0.588. The van der Waals surface area contributed by atoms with Crippen molar-refractivity contribution in [1.29, 1.82) is 0 Å². The van der Waals surface area contributed by atoms with Gasteiger partial charge in [-0.2, -0.15) is 8.42 Å². The lowest BCUT2D eigenvalue weighted by Crippen LogP contribution is -2.21. The third-order valence-electron chi connectivity index (χ3n) is 4.41. The summed E-state index contributed by atoms with van der Waals surface area (Å²) in [6.07, 6.45) is 6.52. The van der Waals surface area contributed by atoms with Gasteiger partial charge < -0.3 is 0 Å². The van der Waals surface area contributed by atoms with Gasteiger partial charge in [0.2, 0.25) is 0 Å². The van der Waals surface area contributed by atoms with E-state index in [2.05, 4.69) is 6.92 Å². The number of rotatable bonds is 7. The van der Waals surface area contributed by atoms with Gasteiger partial charge in [0.25, 0.3) is 10.1 Å². The van der Waals surface area contributed by atoms with Crippen molar-refractivity contribution in [2.45, 2.75) is 50.3 Å². The Morgan fingerprint density at radius 2 is 1.82 bits per heavy atom. The molecule has 0 saturated heterocycles. The van der Waals surface area contributed by atoms with Crippen LogP contribution in [0.2, 0.25) is 0 Å². The summed E-state index contributed by atoms with van der Waals surface area (Å²) in [6, 6.07) is 7.91. The van der Waals surface area contributed by atoms with Crippen molar-refractivity contribution >= 4 is 15.9 Å². The number of hydrogen-bond donors (Lipinski definition) is 0. The van der Waals surface area contributed by atoms with Crippen LogP contribution in [0.5, 0.6) is 0 Å². The molecule has 122 valence electrons. The molecule has 1 saturated carbocycles. The average Bonchev–Trinajstić information content (AvgIpc) is 2.55. The lowest BCUT2D eigenvalue weighted by atomic mass is 9.79. The molecule has 0 heterocycles. The molecule has 1 fully saturated rings. The number of hydrogen-bond acceptors (Lipinski definition) is 4. The Morgan fingerprint density at radius 3 is 2.45 bits per heavy atom. The lowest BCUT2D eigenvalue weighted by Gasteiger charge is -2.27. The van der Waals surface area contributed by atoms with E-state index in [9.17, 15) is 13.2 Å². The van der Waals surface area contributed by atoms with E-state index < -0.39 is 10.1 Å². The van der Waals surface area contributed by atoms with E-state index in [4.69, 9.17) is 4.18 Å². The summed E-state index contributed by atoms with van der Waals surface area (Å²) < 4.78 is 28.8. The Balaban J connectivity index is 1.82. The van der Waals surface area contributed by atoms with E-state index in [0.29, 0.717) is 18.3 Å². The highest BCUT2D eigenvalue weighted by atomic mass is 32.2. The van der Waals surface area contributed by atoms with Crippen LogP contribution < -0.4 is 0 Å². The summed E-state index contributed by atoms with van der Waals surface area (Å²) in [6.45, 7) is 1.72. The predicted molar refractivity (Wildman–Crippen MR) is 84.9 cm³/mol. The minimum absolute atomic E-state index is 0.0862. The van der Waals surface area contributed by atoms with Gasteiger partial charge in [-0.3, -0.25) is 8.98 Å². The third kappa shape index (κ3) is 4.92. The standard InChI is InChI=1S/C17H24O4S/c1-14(15-8-4-2-5-9-15)12-16(18)13-21-22(19,20)17-10-6-3-7-11-17/h3,6-7,10-11,14-15H,2,4-5,8-9,12-13H2,1H3. The number of carbonyl (C=O) groups is 1. The first-order chi connectivity index (χ1) is 10.5. The zero-order chi connectivity index (χ0) is 16.0. The van der Waals surface area contributed by atoms with Gasteiger partial charge in [0, 0.05) is 6.42 Å². The maximum atomic E-state index is 12.0. The van der Waals surface area contributed by atoms with Crippen LogP contribution in [0.3, 0.4) is 0 Å². The van der Waals surface area contributed by atoms with E-state index in [1.165, 1.54) is 44.2 Å². The third-order valence-corrected chi connectivity index (χ3v) is 5.69. The second kappa shape index (κ2) is 7.88. The Hall–Kier alpha value is -1.20. The molecular formula is C17H24O4S. The molecule has 0 bridgehead atoms. The lowest BCUT2D eigenvalue weighted by molar-refractivity contribution is -0.122. The highest BCUT2D eigenvalue weighted by Gasteiger charge is 2.23. The van der Waals surface area contributed by atoms with Crippen LogP contribution in [0.25, 0.3) is 0 Å². The molecule has 1 aromatic rings. The summed E-state index contributed by atoms with van der Waals surface area (Å²) >= 11 is 0. The van der Waals surface area contributed by atoms with Gasteiger partial charge >= 0.3 is 0 Å².